The molecule has 0 saturated carbocycles. The summed E-state index contributed by atoms with van der Waals surface area (Å²) in [5, 5.41) is 18.6. The van der Waals surface area contributed by atoms with Gasteiger partial charge in [-0.15, -0.1) is 0 Å². The van der Waals surface area contributed by atoms with Gasteiger partial charge in [-0.1, -0.05) is 19.1 Å². The Labute approximate surface area is 76.2 Å². The Balaban J connectivity index is 4.07. The SMILES string of the molecule is CCCC(=O)C=CC=C([O-])C(=O)O. The molecule has 0 aromatic heterocycles. The largest absolute Gasteiger partial charge is 0.868 e. The van der Waals surface area contributed by atoms with Crippen molar-refractivity contribution in [1.29, 1.82) is 0 Å². The van der Waals surface area contributed by atoms with Crippen LogP contribution in [0.4, 0.5) is 0 Å². The molecule has 4 nitrogen and oxygen atoms in total. The molecule has 0 aliphatic rings. The predicted octanol–water partition coefficient (Wildman–Crippen LogP) is 0.241. The summed E-state index contributed by atoms with van der Waals surface area (Å²) >= 11 is 0. The maximum absolute atomic E-state index is 10.8. The van der Waals surface area contributed by atoms with Crippen LogP contribution in [0, 0.1) is 0 Å². The number of ketones is 1. The summed E-state index contributed by atoms with van der Waals surface area (Å²) in [6, 6.07) is 0. The summed E-state index contributed by atoms with van der Waals surface area (Å²) in [5.74, 6) is -2.66. The second-order valence-electron chi connectivity index (χ2n) is 2.41. The third-order valence-corrected chi connectivity index (χ3v) is 1.24. The topological polar surface area (TPSA) is 77.4 Å². The molecule has 0 radical (unpaired) electrons. The highest BCUT2D eigenvalue weighted by Crippen LogP contribution is 1.91. The van der Waals surface area contributed by atoms with Crippen molar-refractivity contribution in [3.8, 4) is 0 Å². The highest BCUT2D eigenvalue weighted by molar-refractivity contribution is 5.90. The number of carbonyl (C=O) groups is 2. The van der Waals surface area contributed by atoms with E-state index in [-0.39, 0.29) is 5.78 Å². The predicted molar refractivity (Wildman–Crippen MR) is 44.8 cm³/mol. The third kappa shape index (κ3) is 5.66. The smallest absolute Gasteiger partial charge is 0.320 e. The van der Waals surface area contributed by atoms with E-state index in [9.17, 15) is 14.7 Å². The quantitative estimate of drug-likeness (QED) is 0.376. The number of carboxylic acids is 1. The highest BCUT2D eigenvalue weighted by Gasteiger charge is 1.92. The molecule has 0 aliphatic carbocycles. The second-order valence-corrected chi connectivity index (χ2v) is 2.41. The summed E-state index contributed by atoms with van der Waals surface area (Å²) in [4.78, 5) is 20.8. The normalized spacial score (nSPS) is 11.9. The molecule has 0 bridgehead atoms. The van der Waals surface area contributed by atoms with Crippen LogP contribution in [0.3, 0.4) is 0 Å². The van der Waals surface area contributed by atoms with E-state index in [2.05, 4.69) is 0 Å². The van der Waals surface area contributed by atoms with Crippen LogP contribution >= 0.6 is 0 Å². The average molecular weight is 183 g/mol. The minimum absolute atomic E-state index is 0.114. The highest BCUT2D eigenvalue weighted by atomic mass is 16.4. The number of allylic oxidation sites excluding steroid dienone is 3. The number of rotatable bonds is 5. The lowest BCUT2D eigenvalue weighted by atomic mass is 10.2. The van der Waals surface area contributed by atoms with Crippen LogP contribution < -0.4 is 5.11 Å². The first-order valence-corrected chi connectivity index (χ1v) is 3.89. The monoisotopic (exact) mass is 183 g/mol. The van der Waals surface area contributed by atoms with E-state index in [1.165, 1.54) is 6.08 Å². The molecular weight excluding hydrogens is 172 g/mol. The van der Waals surface area contributed by atoms with Crippen molar-refractivity contribution in [2.24, 2.45) is 0 Å². The Bertz CT molecular complexity index is 250. The zero-order valence-corrected chi connectivity index (χ0v) is 7.32. The van der Waals surface area contributed by atoms with E-state index in [0.717, 1.165) is 18.6 Å². The summed E-state index contributed by atoms with van der Waals surface area (Å²) in [7, 11) is 0. The number of hydrogen-bond donors (Lipinski definition) is 1. The molecule has 1 N–H and O–H groups in total. The lowest BCUT2D eigenvalue weighted by Gasteiger charge is -2.01. The zero-order chi connectivity index (χ0) is 10.3. The molecule has 13 heavy (non-hydrogen) atoms. The fraction of sp³-hybridized carbons (Fsp3) is 0.333. The maximum Gasteiger partial charge on any atom is 0.320 e. The van der Waals surface area contributed by atoms with E-state index in [1.54, 1.807) is 0 Å². The van der Waals surface area contributed by atoms with Gasteiger partial charge in [0.15, 0.2) is 5.78 Å². The maximum atomic E-state index is 10.8. The fourth-order valence-electron chi connectivity index (χ4n) is 0.644. The van der Waals surface area contributed by atoms with E-state index in [4.69, 9.17) is 5.11 Å². The zero-order valence-electron chi connectivity index (χ0n) is 7.32. The van der Waals surface area contributed by atoms with E-state index >= 15 is 0 Å². The molecular formula is C9H11O4-. The van der Waals surface area contributed by atoms with Gasteiger partial charge >= 0.3 is 5.97 Å². The van der Waals surface area contributed by atoms with Crippen molar-refractivity contribution >= 4 is 11.8 Å². The van der Waals surface area contributed by atoms with Gasteiger partial charge < -0.3 is 10.2 Å². The molecule has 0 spiro atoms. The average Bonchev–Trinajstić information content (AvgIpc) is 2.04. The number of aliphatic carboxylic acids is 1. The number of hydrogen-bond acceptors (Lipinski definition) is 3. The lowest BCUT2D eigenvalue weighted by molar-refractivity contribution is -0.302. The number of carboxylic acid groups (broad SMARTS) is 1. The molecule has 0 fully saturated rings. The lowest BCUT2D eigenvalue weighted by Crippen LogP contribution is -2.13. The standard InChI is InChI=1S/C9H12O4/c1-2-4-7(10)5-3-6-8(11)9(12)13/h3,5-6,11H,2,4H2,1H3,(H,12,13)/p-1. The Morgan fingerprint density at radius 1 is 1.46 bits per heavy atom. The summed E-state index contributed by atoms with van der Waals surface area (Å²) < 4.78 is 0. The van der Waals surface area contributed by atoms with Crippen LogP contribution in [0.2, 0.25) is 0 Å². The minimum atomic E-state index is -1.52. The van der Waals surface area contributed by atoms with E-state index in [1.807, 2.05) is 6.92 Å². The van der Waals surface area contributed by atoms with Gasteiger partial charge in [0.05, 0.1) is 0 Å². The van der Waals surface area contributed by atoms with Crippen molar-refractivity contribution in [1.82, 2.24) is 0 Å². The summed E-state index contributed by atoms with van der Waals surface area (Å²) in [5.41, 5.74) is 0. The van der Waals surface area contributed by atoms with Crippen molar-refractivity contribution in [2.75, 3.05) is 0 Å². The number of carbonyl (C=O) groups excluding carboxylic acids is 1. The molecule has 0 aliphatic heterocycles. The Hall–Kier alpha value is -1.58. The summed E-state index contributed by atoms with van der Waals surface area (Å²) in [6.07, 6.45) is 4.36. The van der Waals surface area contributed by atoms with Gasteiger partial charge in [-0.05, 0) is 18.3 Å². The van der Waals surface area contributed by atoms with Crippen LogP contribution in [0.5, 0.6) is 0 Å². The van der Waals surface area contributed by atoms with Crippen molar-refractivity contribution in [3.05, 3.63) is 24.0 Å². The molecule has 4 heteroatoms. The van der Waals surface area contributed by atoms with E-state index in [0.29, 0.717) is 6.42 Å². The van der Waals surface area contributed by atoms with Crippen LogP contribution in [-0.2, 0) is 9.59 Å². The molecule has 0 saturated heterocycles. The fourth-order valence-corrected chi connectivity index (χ4v) is 0.644. The van der Waals surface area contributed by atoms with Crippen LogP contribution in [0.15, 0.2) is 24.0 Å². The Morgan fingerprint density at radius 3 is 2.54 bits per heavy atom. The van der Waals surface area contributed by atoms with Crippen LogP contribution in [-0.4, -0.2) is 16.9 Å². The van der Waals surface area contributed by atoms with Gasteiger partial charge in [0.2, 0.25) is 0 Å². The molecule has 0 aromatic rings. The Kier molecular flexibility index (Phi) is 5.27. The van der Waals surface area contributed by atoms with Gasteiger partial charge in [-0.2, -0.15) is 0 Å². The van der Waals surface area contributed by atoms with Gasteiger partial charge in [-0.3, -0.25) is 4.79 Å². The van der Waals surface area contributed by atoms with Crippen LogP contribution in [0.1, 0.15) is 19.8 Å². The molecule has 0 rings (SSSR count). The summed E-state index contributed by atoms with van der Waals surface area (Å²) in [6.45, 7) is 1.86. The molecule has 72 valence electrons. The molecule has 0 atom stereocenters. The first-order valence-electron chi connectivity index (χ1n) is 3.89. The molecule has 0 unspecified atom stereocenters. The minimum Gasteiger partial charge on any atom is -0.868 e. The second kappa shape index (κ2) is 5.99. The third-order valence-electron chi connectivity index (χ3n) is 1.24. The molecule has 0 amide bonds. The first kappa shape index (κ1) is 11.4. The first-order chi connectivity index (χ1) is 6.07. The van der Waals surface area contributed by atoms with Gasteiger partial charge in [0.25, 0.3) is 0 Å². The van der Waals surface area contributed by atoms with Gasteiger partial charge in [-0.25, -0.2) is 4.79 Å². The van der Waals surface area contributed by atoms with Gasteiger partial charge in [0, 0.05) is 6.42 Å². The van der Waals surface area contributed by atoms with Crippen molar-refractivity contribution < 1.29 is 19.8 Å². The van der Waals surface area contributed by atoms with Crippen LogP contribution in [0.25, 0.3) is 0 Å². The molecule has 0 aromatic carbocycles. The van der Waals surface area contributed by atoms with E-state index < -0.39 is 11.7 Å². The Morgan fingerprint density at radius 2 is 2.08 bits per heavy atom. The van der Waals surface area contributed by atoms with Crippen molar-refractivity contribution in [3.63, 3.8) is 0 Å². The van der Waals surface area contributed by atoms with Crippen molar-refractivity contribution in [2.45, 2.75) is 19.8 Å². The molecule has 0 heterocycles. The van der Waals surface area contributed by atoms with Gasteiger partial charge in [0.1, 0.15) is 0 Å².